The van der Waals surface area contributed by atoms with Crippen LogP contribution in [0, 0.1) is 0 Å². The Bertz CT molecular complexity index is 839. The molecule has 0 aliphatic heterocycles. The average molecular weight is 273 g/mol. The Morgan fingerprint density at radius 3 is 2.37 bits per heavy atom. The van der Waals surface area contributed by atoms with Gasteiger partial charge in [-0.2, -0.15) is 0 Å². The summed E-state index contributed by atoms with van der Waals surface area (Å²) >= 11 is 0. The van der Waals surface area contributed by atoms with Crippen LogP contribution in [0.1, 0.15) is 0 Å². The Hall–Kier alpha value is -2.18. The fraction of sp³-hybridized carbons (Fsp3) is 0. The molecule has 0 saturated carbocycles. The van der Waals surface area contributed by atoms with Gasteiger partial charge < -0.3 is 0 Å². The third kappa shape index (κ3) is 2.00. The normalized spacial score (nSPS) is 11.8. The van der Waals surface area contributed by atoms with Crippen LogP contribution in [0.3, 0.4) is 0 Å². The van der Waals surface area contributed by atoms with E-state index >= 15 is 0 Å². The second-order valence-corrected chi connectivity index (χ2v) is 5.58. The summed E-state index contributed by atoms with van der Waals surface area (Å²) in [6.45, 7) is 0. The Morgan fingerprint density at radius 2 is 1.68 bits per heavy atom. The highest BCUT2D eigenvalue weighted by Crippen LogP contribution is 2.26. The monoisotopic (exact) mass is 273 g/mol. The van der Waals surface area contributed by atoms with Crippen LogP contribution < -0.4 is 5.14 Å². The van der Waals surface area contributed by atoms with Crippen LogP contribution in [0.2, 0.25) is 0 Å². The molecule has 1 aromatic carbocycles. The van der Waals surface area contributed by atoms with Gasteiger partial charge in [0.1, 0.15) is 11.3 Å². The van der Waals surface area contributed by atoms with E-state index < -0.39 is 10.0 Å². The largest absolute Gasteiger partial charge is 0.289 e. The van der Waals surface area contributed by atoms with E-state index in [0.717, 1.165) is 5.56 Å². The maximum Gasteiger partial charge on any atom is 0.256 e. The molecule has 0 atom stereocenters. The first-order valence-corrected chi connectivity index (χ1v) is 7.17. The number of aromatic nitrogens is 2. The van der Waals surface area contributed by atoms with Crippen LogP contribution in [0.15, 0.2) is 59.8 Å². The van der Waals surface area contributed by atoms with Crippen molar-refractivity contribution in [2.45, 2.75) is 5.03 Å². The number of rotatable bonds is 2. The quantitative estimate of drug-likeness (QED) is 0.771. The maximum absolute atomic E-state index is 11.8. The number of benzene rings is 1. The Balaban J connectivity index is 2.43. The number of imidazole rings is 1. The topological polar surface area (TPSA) is 77.5 Å². The van der Waals surface area contributed by atoms with Crippen molar-refractivity contribution >= 4 is 15.7 Å². The lowest BCUT2D eigenvalue weighted by atomic mass is 10.2. The van der Waals surface area contributed by atoms with Crippen molar-refractivity contribution in [3.05, 3.63) is 54.7 Å². The first-order valence-electron chi connectivity index (χ1n) is 5.63. The SMILES string of the molecule is NS(=O)(=O)c1c(-c2ccccc2)nc2ccccn12. The molecule has 96 valence electrons. The zero-order valence-electron chi connectivity index (χ0n) is 9.89. The van der Waals surface area contributed by atoms with Crippen LogP contribution >= 0.6 is 0 Å². The summed E-state index contributed by atoms with van der Waals surface area (Å²) in [7, 11) is -3.86. The van der Waals surface area contributed by atoms with E-state index in [1.54, 1.807) is 36.5 Å². The highest BCUT2D eigenvalue weighted by atomic mass is 32.2. The molecule has 2 N–H and O–H groups in total. The van der Waals surface area contributed by atoms with Crippen molar-refractivity contribution in [1.82, 2.24) is 9.38 Å². The van der Waals surface area contributed by atoms with Crippen molar-refractivity contribution in [2.75, 3.05) is 0 Å². The average Bonchev–Trinajstić information content (AvgIpc) is 2.79. The first-order chi connectivity index (χ1) is 9.07. The summed E-state index contributed by atoms with van der Waals surface area (Å²) in [6.07, 6.45) is 1.63. The Kier molecular flexibility index (Phi) is 2.62. The molecule has 0 aliphatic rings. The fourth-order valence-corrected chi connectivity index (χ4v) is 2.89. The smallest absolute Gasteiger partial charge is 0.256 e. The van der Waals surface area contributed by atoms with Gasteiger partial charge in [0, 0.05) is 11.8 Å². The highest BCUT2D eigenvalue weighted by molar-refractivity contribution is 7.89. The molecule has 0 unspecified atom stereocenters. The first kappa shape index (κ1) is 11.9. The van der Waals surface area contributed by atoms with E-state index in [2.05, 4.69) is 4.98 Å². The van der Waals surface area contributed by atoms with Gasteiger partial charge >= 0.3 is 0 Å². The Labute approximate surface area is 110 Å². The number of hydrogen-bond acceptors (Lipinski definition) is 3. The van der Waals surface area contributed by atoms with Gasteiger partial charge in [0.25, 0.3) is 10.0 Å². The molecule has 19 heavy (non-hydrogen) atoms. The minimum absolute atomic E-state index is 0.00861. The van der Waals surface area contributed by atoms with E-state index in [4.69, 9.17) is 5.14 Å². The summed E-state index contributed by atoms with van der Waals surface area (Å²) in [4.78, 5) is 4.35. The predicted molar refractivity (Wildman–Crippen MR) is 72.0 cm³/mol. The lowest BCUT2D eigenvalue weighted by molar-refractivity contribution is 0.593. The van der Waals surface area contributed by atoms with Crippen LogP contribution in [0.25, 0.3) is 16.9 Å². The summed E-state index contributed by atoms with van der Waals surface area (Å²) in [5.74, 6) is 0. The zero-order valence-corrected chi connectivity index (χ0v) is 10.7. The fourth-order valence-electron chi connectivity index (χ4n) is 2.03. The number of hydrogen-bond donors (Lipinski definition) is 1. The number of nitrogens with two attached hydrogens (primary N) is 1. The van der Waals surface area contributed by atoms with Crippen molar-refractivity contribution in [3.8, 4) is 11.3 Å². The molecule has 2 heterocycles. The number of fused-ring (bicyclic) bond motifs is 1. The van der Waals surface area contributed by atoms with Crippen molar-refractivity contribution in [1.29, 1.82) is 0 Å². The maximum atomic E-state index is 11.8. The summed E-state index contributed by atoms with van der Waals surface area (Å²) in [5, 5.41) is 5.33. The summed E-state index contributed by atoms with van der Waals surface area (Å²) < 4.78 is 25.1. The lowest BCUT2D eigenvalue weighted by Gasteiger charge is -2.02. The zero-order chi connectivity index (χ0) is 13.5. The van der Waals surface area contributed by atoms with Gasteiger partial charge in [-0.15, -0.1) is 0 Å². The molecule has 0 bridgehead atoms. The third-order valence-electron chi connectivity index (χ3n) is 2.80. The summed E-state index contributed by atoms with van der Waals surface area (Å²) in [5.41, 5.74) is 1.63. The minimum atomic E-state index is -3.86. The van der Waals surface area contributed by atoms with E-state index in [-0.39, 0.29) is 5.03 Å². The second-order valence-electron chi connectivity index (χ2n) is 4.11. The van der Waals surface area contributed by atoms with Gasteiger partial charge in [-0.3, -0.25) is 4.40 Å². The molecule has 2 aromatic heterocycles. The minimum Gasteiger partial charge on any atom is -0.289 e. The predicted octanol–water partition coefficient (Wildman–Crippen LogP) is 1.65. The van der Waals surface area contributed by atoms with Gasteiger partial charge in [-0.1, -0.05) is 36.4 Å². The second kappa shape index (κ2) is 4.18. The van der Waals surface area contributed by atoms with Crippen LogP contribution in [0.4, 0.5) is 0 Å². The van der Waals surface area contributed by atoms with Gasteiger partial charge in [-0.25, -0.2) is 18.5 Å². The molecule has 0 radical (unpaired) electrons. The number of nitrogens with zero attached hydrogens (tertiary/aromatic N) is 2. The molecular formula is C13H11N3O2S. The van der Waals surface area contributed by atoms with Crippen LogP contribution in [-0.4, -0.2) is 17.8 Å². The Morgan fingerprint density at radius 1 is 1.00 bits per heavy atom. The molecule has 6 heteroatoms. The summed E-state index contributed by atoms with van der Waals surface area (Å²) in [6, 6.07) is 14.4. The molecular weight excluding hydrogens is 262 g/mol. The third-order valence-corrected chi connectivity index (χ3v) is 3.73. The molecule has 5 nitrogen and oxygen atoms in total. The van der Waals surface area contributed by atoms with Gasteiger partial charge in [-0.05, 0) is 12.1 Å². The van der Waals surface area contributed by atoms with Crippen LogP contribution in [0.5, 0.6) is 0 Å². The van der Waals surface area contributed by atoms with E-state index in [1.807, 2.05) is 18.2 Å². The number of primary sulfonamides is 1. The van der Waals surface area contributed by atoms with Gasteiger partial charge in [0.15, 0.2) is 5.03 Å². The highest BCUT2D eigenvalue weighted by Gasteiger charge is 2.22. The van der Waals surface area contributed by atoms with Crippen molar-refractivity contribution in [2.24, 2.45) is 5.14 Å². The number of pyridine rings is 1. The van der Waals surface area contributed by atoms with Crippen molar-refractivity contribution in [3.63, 3.8) is 0 Å². The molecule has 0 aliphatic carbocycles. The molecule has 0 amide bonds. The molecule has 0 saturated heterocycles. The van der Waals surface area contributed by atoms with Gasteiger partial charge in [0.2, 0.25) is 0 Å². The molecule has 0 spiro atoms. The number of sulfonamides is 1. The lowest BCUT2D eigenvalue weighted by Crippen LogP contribution is -2.15. The van der Waals surface area contributed by atoms with Gasteiger partial charge in [0.05, 0.1) is 0 Å². The van der Waals surface area contributed by atoms with Crippen LogP contribution in [-0.2, 0) is 10.0 Å². The van der Waals surface area contributed by atoms with E-state index in [1.165, 1.54) is 4.40 Å². The molecule has 0 fully saturated rings. The van der Waals surface area contributed by atoms with E-state index in [9.17, 15) is 8.42 Å². The van der Waals surface area contributed by atoms with Crippen molar-refractivity contribution < 1.29 is 8.42 Å². The molecule has 3 aromatic rings. The molecule has 3 rings (SSSR count). The standard InChI is InChI=1S/C13H11N3O2S/c14-19(17,18)13-12(10-6-2-1-3-7-10)15-11-8-4-5-9-16(11)13/h1-9H,(H2,14,17,18). The van der Waals surface area contributed by atoms with E-state index in [0.29, 0.717) is 11.3 Å².